The van der Waals surface area contributed by atoms with E-state index in [0.717, 1.165) is 4.90 Å². The largest absolute Gasteiger partial charge is 0.502 e. The first kappa shape index (κ1) is 19.6. The number of hydrogen-bond donors (Lipinski definition) is 2. The SMILES string of the molecule is Cc1c([C@H]2c3nc[nH]c3CCN2C(=O)/C(O)=C(/C#N)C(F)F)oc2ccc(F)cc12. The van der Waals surface area contributed by atoms with Gasteiger partial charge in [0.25, 0.3) is 12.3 Å². The molecule has 0 saturated heterocycles. The summed E-state index contributed by atoms with van der Waals surface area (Å²) in [5, 5.41) is 19.5. The second-order valence-electron chi connectivity index (χ2n) is 6.82. The van der Waals surface area contributed by atoms with E-state index in [4.69, 9.17) is 9.68 Å². The van der Waals surface area contributed by atoms with Crippen LogP contribution in [0.2, 0.25) is 0 Å². The number of aromatic nitrogens is 2. The third-order valence-corrected chi connectivity index (χ3v) is 5.17. The van der Waals surface area contributed by atoms with Crippen molar-refractivity contribution in [3.05, 3.63) is 64.4 Å². The number of fused-ring (bicyclic) bond motifs is 2. The van der Waals surface area contributed by atoms with Gasteiger partial charge >= 0.3 is 0 Å². The minimum absolute atomic E-state index is 0.0511. The Labute approximate surface area is 168 Å². The first-order valence-electron chi connectivity index (χ1n) is 8.96. The highest BCUT2D eigenvalue weighted by Gasteiger charge is 2.40. The van der Waals surface area contributed by atoms with Crippen LogP contribution in [0.5, 0.6) is 0 Å². The molecule has 0 unspecified atom stereocenters. The Hall–Kier alpha value is -3.74. The Bertz CT molecular complexity index is 1220. The molecule has 3 heterocycles. The van der Waals surface area contributed by atoms with Gasteiger partial charge in [0.15, 0.2) is 0 Å². The van der Waals surface area contributed by atoms with E-state index in [1.165, 1.54) is 30.6 Å². The standard InChI is InChI=1S/C20H15F3N4O3/c1-9-11-6-10(21)2-3-14(11)30-18(9)16-15-13(25-8-26-15)4-5-27(16)20(29)17(28)12(7-24)19(22)23/h2-3,6,8,16,19,28H,4-5H2,1H3,(H,25,26)/b17-12+/t16-/m1/s1. The van der Waals surface area contributed by atoms with Gasteiger partial charge in [-0.2, -0.15) is 5.26 Å². The summed E-state index contributed by atoms with van der Waals surface area (Å²) in [7, 11) is 0. The average Bonchev–Trinajstić information content (AvgIpc) is 3.31. The number of carbonyl (C=O) groups excluding carboxylic acids is 1. The maximum absolute atomic E-state index is 13.7. The summed E-state index contributed by atoms with van der Waals surface area (Å²) < 4.78 is 45.7. The lowest BCUT2D eigenvalue weighted by molar-refractivity contribution is -0.132. The second kappa shape index (κ2) is 7.26. The van der Waals surface area contributed by atoms with E-state index in [9.17, 15) is 23.1 Å². The lowest BCUT2D eigenvalue weighted by Gasteiger charge is -2.34. The number of alkyl halides is 2. The van der Waals surface area contributed by atoms with Crippen LogP contribution in [0.25, 0.3) is 11.0 Å². The molecule has 1 atom stereocenters. The number of benzene rings is 1. The number of imidazole rings is 1. The van der Waals surface area contributed by atoms with Gasteiger partial charge in [-0.25, -0.2) is 18.2 Å². The molecule has 2 aromatic heterocycles. The van der Waals surface area contributed by atoms with E-state index >= 15 is 0 Å². The van der Waals surface area contributed by atoms with Crippen molar-refractivity contribution in [2.24, 2.45) is 0 Å². The third-order valence-electron chi connectivity index (χ3n) is 5.17. The van der Waals surface area contributed by atoms with Gasteiger partial charge in [0.1, 0.15) is 34.8 Å². The molecule has 1 amide bonds. The summed E-state index contributed by atoms with van der Waals surface area (Å²) in [4.78, 5) is 21.2. The Morgan fingerprint density at radius 2 is 2.23 bits per heavy atom. The minimum atomic E-state index is -3.31. The first-order valence-corrected chi connectivity index (χ1v) is 8.96. The van der Waals surface area contributed by atoms with Gasteiger partial charge in [-0.05, 0) is 25.1 Å². The molecule has 0 saturated carbocycles. The third kappa shape index (κ3) is 2.99. The van der Waals surface area contributed by atoms with Crippen LogP contribution in [0.15, 0.2) is 40.3 Å². The van der Waals surface area contributed by atoms with Gasteiger partial charge < -0.3 is 19.4 Å². The number of aliphatic hydroxyl groups excluding tert-OH is 1. The zero-order valence-electron chi connectivity index (χ0n) is 15.6. The molecule has 154 valence electrons. The molecule has 4 rings (SSSR count). The van der Waals surface area contributed by atoms with Crippen molar-refractivity contribution in [1.82, 2.24) is 14.9 Å². The van der Waals surface area contributed by atoms with Crippen LogP contribution in [0.4, 0.5) is 13.2 Å². The van der Waals surface area contributed by atoms with E-state index in [1.54, 1.807) is 6.92 Å². The Balaban J connectivity index is 1.88. The fourth-order valence-corrected chi connectivity index (χ4v) is 3.69. The zero-order valence-corrected chi connectivity index (χ0v) is 15.6. The summed E-state index contributed by atoms with van der Waals surface area (Å²) in [5.41, 5.74) is 0.744. The van der Waals surface area contributed by atoms with Crippen LogP contribution < -0.4 is 0 Å². The molecule has 10 heteroatoms. The van der Waals surface area contributed by atoms with E-state index in [1.807, 2.05) is 0 Å². The van der Waals surface area contributed by atoms with Gasteiger partial charge in [-0.1, -0.05) is 0 Å². The Kier molecular flexibility index (Phi) is 4.73. The molecule has 7 nitrogen and oxygen atoms in total. The van der Waals surface area contributed by atoms with Crippen molar-refractivity contribution >= 4 is 16.9 Å². The number of aromatic amines is 1. The number of furan rings is 1. The number of nitriles is 1. The molecule has 0 radical (unpaired) electrons. The van der Waals surface area contributed by atoms with Gasteiger partial charge in [0.2, 0.25) is 5.76 Å². The van der Waals surface area contributed by atoms with Crippen LogP contribution in [0.3, 0.4) is 0 Å². The van der Waals surface area contributed by atoms with E-state index in [0.29, 0.717) is 34.3 Å². The van der Waals surface area contributed by atoms with Crippen LogP contribution in [0, 0.1) is 24.1 Å². The summed E-state index contributed by atoms with van der Waals surface area (Å²) in [5.74, 6) is -2.67. The molecule has 1 aliphatic heterocycles. The highest BCUT2D eigenvalue weighted by Crippen LogP contribution is 2.39. The van der Waals surface area contributed by atoms with Crippen molar-refractivity contribution in [3.63, 3.8) is 0 Å². The Morgan fingerprint density at radius 1 is 1.47 bits per heavy atom. The van der Waals surface area contributed by atoms with Gasteiger partial charge in [0.05, 0.1) is 12.0 Å². The lowest BCUT2D eigenvalue weighted by Crippen LogP contribution is -2.42. The van der Waals surface area contributed by atoms with E-state index in [-0.39, 0.29) is 12.3 Å². The smallest absolute Gasteiger partial charge is 0.290 e. The molecule has 1 aliphatic rings. The predicted octanol–water partition coefficient (Wildman–Crippen LogP) is 3.68. The molecular formula is C20H15F3N4O3. The summed E-state index contributed by atoms with van der Waals surface area (Å²) in [6.07, 6.45) is -1.55. The van der Waals surface area contributed by atoms with Crippen molar-refractivity contribution in [3.8, 4) is 6.07 Å². The number of aryl methyl sites for hydroxylation is 1. The van der Waals surface area contributed by atoms with Crippen molar-refractivity contribution in [2.75, 3.05) is 6.54 Å². The molecule has 0 aliphatic carbocycles. The minimum Gasteiger partial charge on any atom is -0.502 e. The Morgan fingerprint density at radius 3 is 2.93 bits per heavy atom. The number of H-pyrrole nitrogens is 1. The summed E-state index contributed by atoms with van der Waals surface area (Å²) in [6.45, 7) is 1.73. The van der Waals surface area contributed by atoms with Crippen LogP contribution in [-0.2, 0) is 11.2 Å². The second-order valence-corrected chi connectivity index (χ2v) is 6.82. The topological polar surface area (TPSA) is 106 Å². The number of nitrogens with one attached hydrogen (secondary N) is 1. The normalized spacial score (nSPS) is 17.1. The van der Waals surface area contributed by atoms with Gasteiger partial charge in [0, 0.05) is 29.6 Å². The first-order chi connectivity index (χ1) is 14.3. The molecule has 0 bridgehead atoms. The number of allylic oxidation sites excluding steroid dienone is 1. The molecular weight excluding hydrogens is 401 g/mol. The number of amides is 1. The van der Waals surface area contributed by atoms with E-state index in [2.05, 4.69) is 9.97 Å². The van der Waals surface area contributed by atoms with Crippen LogP contribution >= 0.6 is 0 Å². The van der Waals surface area contributed by atoms with Gasteiger partial charge in [-0.15, -0.1) is 0 Å². The van der Waals surface area contributed by atoms with Crippen molar-refractivity contribution < 1.29 is 27.5 Å². The number of nitrogens with zero attached hydrogens (tertiary/aromatic N) is 3. The van der Waals surface area contributed by atoms with Crippen LogP contribution in [0.1, 0.15) is 28.8 Å². The fraction of sp³-hybridized carbons (Fsp3) is 0.250. The fourth-order valence-electron chi connectivity index (χ4n) is 3.69. The predicted molar refractivity (Wildman–Crippen MR) is 98.0 cm³/mol. The number of halogens is 3. The monoisotopic (exact) mass is 416 g/mol. The van der Waals surface area contributed by atoms with Crippen LogP contribution in [-0.4, -0.2) is 38.9 Å². The quantitative estimate of drug-likeness (QED) is 0.385. The number of rotatable bonds is 3. The number of carbonyl (C=O) groups is 1. The van der Waals surface area contributed by atoms with Crippen molar-refractivity contribution in [1.29, 1.82) is 5.26 Å². The summed E-state index contributed by atoms with van der Waals surface area (Å²) >= 11 is 0. The molecule has 0 fully saturated rings. The zero-order chi connectivity index (χ0) is 21.6. The number of hydrogen-bond acceptors (Lipinski definition) is 5. The maximum Gasteiger partial charge on any atom is 0.290 e. The average molecular weight is 416 g/mol. The van der Waals surface area contributed by atoms with Gasteiger partial charge in [-0.3, -0.25) is 4.79 Å². The lowest BCUT2D eigenvalue weighted by atomic mass is 9.97. The molecule has 1 aromatic carbocycles. The maximum atomic E-state index is 13.7. The highest BCUT2D eigenvalue weighted by atomic mass is 19.3. The number of aliphatic hydroxyl groups is 1. The van der Waals surface area contributed by atoms with E-state index < -0.39 is 35.5 Å². The molecule has 0 spiro atoms. The highest BCUT2D eigenvalue weighted by molar-refractivity contribution is 5.93. The van der Waals surface area contributed by atoms with Crippen molar-refractivity contribution in [2.45, 2.75) is 25.8 Å². The molecule has 30 heavy (non-hydrogen) atoms. The molecule has 3 aromatic rings. The molecule has 2 N–H and O–H groups in total. The summed E-state index contributed by atoms with van der Waals surface area (Å²) in [6, 6.07) is 4.19.